The fraction of sp³-hybridized carbons (Fsp3) is 0.462. The molecule has 1 heterocycles. The molecular weight excluding hydrogens is 219 g/mol. The van der Waals surface area contributed by atoms with Crippen LogP contribution in [0.15, 0.2) is 18.2 Å². The molecule has 0 spiro atoms. The minimum atomic E-state index is -0.251. The first-order valence-electron chi connectivity index (χ1n) is 5.97. The molecule has 3 nitrogen and oxygen atoms in total. The summed E-state index contributed by atoms with van der Waals surface area (Å²) in [6.45, 7) is 2.57. The van der Waals surface area contributed by atoms with Gasteiger partial charge in [-0.1, -0.05) is 6.42 Å². The van der Waals surface area contributed by atoms with Gasteiger partial charge in [-0.15, -0.1) is 0 Å². The summed E-state index contributed by atoms with van der Waals surface area (Å²) in [6, 6.07) is 4.49. The number of amides is 1. The number of halogens is 1. The van der Waals surface area contributed by atoms with Gasteiger partial charge in [0.2, 0.25) is 5.91 Å². The molecule has 1 atom stereocenters. The van der Waals surface area contributed by atoms with Crippen LogP contribution >= 0.6 is 0 Å². The van der Waals surface area contributed by atoms with Gasteiger partial charge in [0.05, 0.1) is 6.04 Å². The summed E-state index contributed by atoms with van der Waals surface area (Å²) in [5.74, 6) is -0.283. The highest BCUT2D eigenvalue weighted by atomic mass is 19.1. The maximum absolute atomic E-state index is 13.1. The summed E-state index contributed by atoms with van der Waals surface area (Å²) in [5, 5.41) is 5.99. The van der Waals surface area contributed by atoms with Crippen molar-refractivity contribution in [3.63, 3.8) is 0 Å². The highest BCUT2D eigenvalue weighted by Crippen LogP contribution is 2.15. The lowest BCUT2D eigenvalue weighted by atomic mass is 10.0. The standard InChI is InChI=1S/C13H17FN2O/c1-9-8-10(5-6-11(9)14)16-13(17)12-4-2-3-7-15-12/h5-6,8,12,15H,2-4,7H2,1H3,(H,16,17). The van der Waals surface area contributed by atoms with Gasteiger partial charge in [-0.2, -0.15) is 0 Å². The summed E-state index contributed by atoms with van der Waals surface area (Å²) in [7, 11) is 0. The zero-order chi connectivity index (χ0) is 12.3. The van der Waals surface area contributed by atoms with Crippen LogP contribution in [0.3, 0.4) is 0 Å². The minimum absolute atomic E-state index is 0.0318. The number of piperidine rings is 1. The maximum Gasteiger partial charge on any atom is 0.241 e. The Kier molecular flexibility index (Phi) is 3.74. The van der Waals surface area contributed by atoms with Gasteiger partial charge in [-0.25, -0.2) is 4.39 Å². The zero-order valence-electron chi connectivity index (χ0n) is 9.92. The predicted molar refractivity (Wildman–Crippen MR) is 65.4 cm³/mol. The minimum Gasteiger partial charge on any atom is -0.325 e. The van der Waals surface area contributed by atoms with Crippen molar-refractivity contribution in [3.8, 4) is 0 Å². The number of carbonyl (C=O) groups excluding carboxylic acids is 1. The van der Waals surface area contributed by atoms with Gasteiger partial charge in [0.15, 0.2) is 0 Å². The molecule has 4 heteroatoms. The third-order valence-corrected chi connectivity index (χ3v) is 3.05. The molecule has 0 aromatic heterocycles. The molecule has 1 unspecified atom stereocenters. The quantitative estimate of drug-likeness (QED) is 0.826. The molecule has 1 aromatic carbocycles. The first-order chi connectivity index (χ1) is 8.16. The molecule has 1 aromatic rings. The van der Waals surface area contributed by atoms with Gasteiger partial charge < -0.3 is 10.6 Å². The summed E-state index contributed by atoms with van der Waals surface area (Å²) in [5.41, 5.74) is 1.20. The number of rotatable bonds is 2. The van der Waals surface area contributed by atoms with Crippen LogP contribution in [0.5, 0.6) is 0 Å². The average Bonchev–Trinajstić information content (AvgIpc) is 2.35. The summed E-state index contributed by atoms with van der Waals surface area (Å²) >= 11 is 0. The van der Waals surface area contributed by atoms with Crippen molar-refractivity contribution in [3.05, 3.63) is 29.6 Å². The predicted octanol–water partition coefficient (Wildman–Crippen LogP) is 2.21. The number of hydrogen-bond acceptors (Lipinski definition) is 2. The van der Waals surface area contributed by atoms with E-state index in [4.69, 9.17) is 0 Å². The summed E-state index contributed by atoms with van der Waals surface area (Å²) < 4.78 is 13.1. The van der Waals surface area contributed by atoms with E-state index in [1.165, 1.54) is 6.07 Å². The van der Waals surface area contributed by atoms with Crippen molar-refractivity contribution < 1.29 is 9.18 Å². The van der Waals surface area contributed by atoms with Crippen LogP contribution in [0.4, 0.5) is 10.1 Å². The molecule has 1 aliphatic rings. The topological polar surface area (TPSA) is 41.1 Å². The van der Waals surface area contributed by atoms with E-state index >= 15 is 0 Å². The van der Waals surface area contributed by atoms with Gasteiger partial charge >= 0.3 is 0 Å². The second-order valence-electron chi connectivity index (χ2n) is 4.46. The molecule has 0 saturated carbocycles. The van der Waals surface area contributed by atoms with E-state index in [1.54, 1.807) is 19.1 Å². The first-order valence-corrected chi connectivity index (χ1v) is 5.97. The van der Waals surface area contributed by atoms with Crippen LogP contribution < -0.4 is 10.6 Å². The van der Waals surface area contributed by atoms with Crippen LogP contribution in [-0.4, -0.2) is 18.5 Å². The Hall–Kier alpha value is -1.42. The lowest BCUT2D eigenvalue weighted by Crippen LogP contribution is -2.43. The van der Waals surface area contributed by atoms with E-state index in [0.29, 0.717) is 11.3 Å². The fourth-order valence-electron chi connectivity index (χ4n) is 2.03. The zero-order valence-corrected chi connectivity index (χ0v) is 9.92. The molecule has 0 aliphatic carbocycles. The Morgan fingerprint density at radius 1 is 1.47 bits per heavy atom. The summed E-state index contributed by atoms with van der Waals surface area (Å²) in [6.07, 6.45) is 3.07. The smallest absolute Gasteiger partial charge is 0.241 e. The highest BCUT2D eigenvalue weighted by molar-refractivity contribution is 5.94. The normalized spacial score (nSPS) is 20.0. The Morgan fingerprint density at radius 3 is 2.94 bits per heavy atom. The van der Waals surface area contributed by atoms with Crippen molar-refractivity contribution in [1.82, 2.24) is 5.32 Å². The van der Waals surface area contributed by atoms with E-state index in [-0.39, 0.29) is 17.8 Å². The molecule has 2 rings (SSSR count). The van der Waals surface area contributed by atoms with Crippen molar-refractivity contribution >= 4 is 11.6 Å². The van der Waals surface area contributed by atoms with Crippen LogP contribution in [0, 0.1) is 12.7 Å². The Balaban J connectivity index is 1.99. The lowest BCUT2D eigenvalue weighted by molar-refractivity contribution is -0.118. The van der Waals surface area contributed by atoms with E-state index in [1.807, 2.05) is 0 Å². The molecule has 92 valence electrons. The van der Waals surface area contributed by atoms with Crippen LogP contribution in [0.25, 0.3) is 0 Å². The van der Waals surface area contributed by atoms with Gasteiger partial charge in [0.1, 0.15) is 5.82 Å². The van der Waals surface area contributed by atoms with E-state index < -0.39 is 0 Å². The number of benzene rings is 1. The second-order valence-corrected chi connectivity index (χ2v) is 4.46. The van der Waals surface area contributed by atoms with Crippen LogP contribution in [-0.2, 0) is 4.79 Å². The summed E-state index contributed by atoms with van der Waals surface area (Å²) in [4.78, 5) is 11.9. The molecule has 1 aliphatic heterocycles. The average molecular weight is 236 g/mol. The van der Waals surface area contributed by atoms with Crippen molar-refractivity contribution in [2.24, 2.45) is 0 Å². The van der Waals surface area contributed by atoms with Crippen LogP contribution in [0.2, 0.25) is 0 Å². The SMILES string of the molecule is Cc1cc(NC(=O)C2CCCCN2)ccc1F. The molecule has 0 radical (unpaired) electrons. The molecule has 0 bridgehead atoms. The van der Waals surface area contributed by atoms with E-state index in [0.717, 1.165) is 25.8 Å². The Labute approximate surface area is 100 Å². The highest BCUT2D eigenvalue weighted by Gasteiger charge is 2.20. The van der Waals surface area contributed by atoms with E-state index in [2.05, 4.69) is 10.6 Å². The van der Waals surface area contributed by atoms with Crippen molar-refractivity contribution in [2.75, 3.05) is 11.9 Å². The molecule has 2 N–H and O–H groups in total. The third kappa shape index (κ3) is 3.03. The largest absolute Gasteiger partial charge is 0.325 e. The van der Waals surface area contributed by atoms with Gasteiger partial charge in [-0.05, 0) is 50.1 Å². The van der Waals surface area contributed by atoms with Crippen molar-refractivity contribution in [1.29, 1.82) is 0 Å². The third-order valence-electron chi connectivity index (χ3n) is 3.05. The number of anilines is 1. The van der Waals surface area contributed by atoms with Gasteiger partial charge in [0, 0.05) is 5.69 Å². The Bertz CT molecular complexity index is 414. The number of aryl methyl sites for hydroxylation is 1. The van der Waals surface area contributed by atoms with Gasteiger partial charge in [0.25, 0.3) is 0 Å². The number of hydrogen-bond donors (Lipinski definition) is 2. The fourth-order valence-corrected chi connectivity index (χ4v) is 2.03. The van der Waals surface area contributed by atoms with Crippen molar-refractivity contribution in [2.45, 2.75) is 32.2 Å². The first kappa shape index (κ1) is 12.0. The van der Waals surface area contributed by atoms with Crippen LogP contribution in [0.1, 0.15) is 24.8 Å². The monoisotopic (exact) mass is 236 g/mol. The molecule has 1 saturated heterocycles. The van der Waals surface area contributed by atoms with Gasteiger partial charge in [-0.3, -0.25) is 4.79 Å². The second kappa shape index (κ2) is 5.27. The molecule has 17 heavy (non-hydrogen) atoms. The number of carbonyl (C=O) groups is 1. The lowest BCUT2D eigenvalue weighted by Gasteiger charge is -2.22. The molecular formula is C13H17FN2O. The maximum atomic E-state index is 13.1. The van der Waals surface area contributed by atoms with E-state index in [9.17, 15) is 9.18 Å². The number of nitrogens with one attached hydrogen (secondary N) is 2. The molecule has 1 fully saturated rings. The Morgan fingerprint density at radius 2 is 2.29 bits per heavy atom. The molecule has 1 amide bonds.